The third-order valence-corrected chi connectivity index (χ3v) is 6.99. The first-order chi connectivity index (χ1) is 13.7. The maximum atomic E-state index is 13.1. The van der Waals surface area contributed by atoms with Crippen molar-refractivity contribution in [3.05, 3.63) is 71.8 Å². The highest BCUT2D eigenvalue weighted by Crippen LogP contribution is 2.41. The van der Waals surface area contributed by atoms with E-state index in [4.69, 9.17) is 4.74 Å². The van der Waals surface area contributed by atoms with Crippen LogP contribution in [0, 0.1) is 11.7 Å². The molecule has 146 valence electrons. The molecule has 1 fully saturated rings. The quantitative estimate of drug-likeness (QED) is 0.501. The summed E-state index contributed by atoms with van der Waals surface area (Å²) in [5, 5.41) is 7.49. The Hall–Kier alpha value is -2.09. The number of benzene rings is 2. The number of piperidine rings is 1. The van der Waals surface area contributed by atoms with E-state index in [1.165, 1.54) is 58.3 Å². The van der Waals surface area contributed by atoms with Crippen molar-refractivity contribution >= 4 is 24.3 Å². The lowest BCUT2D eigenvalue weighted by atomic mass is 9.90. The number of ether oxygens (including phenoxy) is 1. The summed E-state index contributed by atoms with van der Waals surface area (Å²) in [6.45, 7) is 7.27. The largest absolute Gasteiger partial charge is 0.489 e. The molecule has 28 heavy (non-hydrogen) atoms. The number of fused-ring (bicyclic) bond motifs is 1. The molecule has 1 N–H and O–H groups in total. The molecule has 2 unspecified atom stereocenters. The van der Waals surface area contributed by atoms with Crippen molar-refractivity contribution in [2.75, 3.05) is 13.1 Å². The van der Waals surface area contributed by atoms with E-state index in [1.807, 2.05) is 0 Å². The summed E-state index contributed by atoms with van der Waals surface area (Å²) in [7, 11) is 0.611. The Bertz CT molecular complexity index is 941. The van der Waals surface area contributed by atoms with Gasteiger partial charge in [0.1, 0.15) is 18.2 Å². The minimum atomic E-state index is -0.243. The molecular formula is C24H27FNOP. The molecule has 0 spiro atoms. The lowest BCUT2D eigenvalue weighted by molar-refractivity contribution is 0.309. The Balaban J connectivity index is 1.52. The van der Waals surface area contributed by atoms with Crippen molar-refractivity contribution < 1.29 is 9.13 Å². The van der Waals surface area contributed by atoms with Gasteiger partial charge in [0.05, 0.1) is 0 Å². The zero-order chi connectivity index (χ0) is 19.3. The first-order valence-corrected chi connectivity index (χ1v) is 11.1. The Labute approximate surface area is 167 Å². The molecule has 4 heteroatoms. The second-order valence-corrected chi connectivity index (χ2v) is 9.01. The summed E-state index contributed by atoms with van der Waals surface area (Å²) >= 11 is 0. The molecule has 0 saturated carbocycles. The fraction of sp³-hybridized carbons (Fsp3) is 0.333. The number of halogens is 1. The van der Waals surface area contributed by atoms with Crippen LogP contribution in [0.2, 0.25) is 0 Å². The Morgan fingerprint density at radius 3 is 2.79 bits per heavy atom. The molecule has 2 nitrogen and oxygen atoms in total. The fourth-order valence-corrected chi connectivity index (χ4v) is 5.50. The molecule has 1 aliphatic heterocycles. The van der Waals surface area contributed by atoms with Crippen LogP contribution >= 0.6 is 8.19 Å². The highest BCUT2D eigenvalue weighted by molar-refractivity contribution is 7.38. The average Bonchev–Trinajstić information content (AvgIpc) is 3.11. The molecule has 0 aliphatic carbocycles. The van der Waals surface area contributed by atoms with Crippen LogP contribution in [0.25, 0.3) is 16.1 Å². The van der Waals surface area contributed by atoms with E-state index >= 15 is 0 Å². The Morgan fingerprint density at radius 1 is 1.18 bits per heavy atom. The van der Waals surface area contributed by atoms with Crippen molar-refractivity contribution in [1.29, 1.82) is 0 Å². The summed E-state index contributed by atoms with van der Waals surface area (Å²) in [5.41, 5.74) is 2.51. The van der Waals surface area contributed by atoms with Gasteiger partial charge in [0, 0.05) is 5.30 Å². The van der Waals surface area contributed by atoms with E-state index in [0.717, 1.165) is 25.4 Å². The molecule has 0 radical (unpaired) electrons. The van der Waals surface area contributed by atoms with Crippen LogP contribution in [0.5, 0.6) is 5.75 Å². The second-order valence-electron chi connectivity index (χ2n) is 7.62. The highest BCUT2D eigenvalue weighted by atomic mass is 31.0. The van der Waals surface area contributed by atoms with E-state index in [9.17, 15) is 4.39 Å². The number of allylic oxidation sites excluding steroid dienone is 1. The van der Waals surface area contributed by atoms with Gasteiger partial charge in [-0.25, -0.2) is 4.39 Å². The maximum Gasteiger partial charge on any atom is 0.123 e. The minimum Gasteiger partial charge on any atom is -0.489 e. The van der Waals surface area contributed by atoms with Crippen LogP contribution in [0.3, 0.4) is 0 Å². The Morgan fingerprint density at radius 2 is 2.00 bits per heavy atom. The molecule has 1 aliphatic rings. The van der Waals surface area contributed by atoms with Gasteiger partial charge in [-0.05, 0) is 90.6 Å². The molecular weight excluding hydrogens is 368 g/mol. The number of hydrogen-bond acceptors (Lipinski definition) is 2. The molecule has 1 aromatic heterocycles. The number of hydrogen-bond donors (Lipinski definition) is 1. The molecule has 0 bridgehead atoms. The monoisotopic (exact) mass is 395 g/mol. The molecule has 4 rings (SSSR count). The van der Waals surface area contributed by atoms with Crippen LogP contribution < -0.4 is 10.1 Å². The smallest absolute Gasteiger partial charge is 0.123 e. The third kappa shape index (κ3) is 4.48. The summed E-state index contributed by atoms with van der Waals surface area (Å²) in [6, 6.07) is 14.9. The van der Waals surface area contributed by atoms with Gasteiger partial charge in [-0.15, -0.1) is 8.19 Å². The summed E-state index contributed by atoms with van der Waals surface area (Å²) in [6.07, 6.45) is 4.81. The van der Waals surface area contributed by atoms with Crippen molar-refractivity contribution in [3.63, 3.8) is 0 Å². The minimum absolute atomic E-state index is 0.243. The molecule has 0 amide bonds. The van der Waals surface area contributed by atoms with E-state index in [2.05, 4.69) is 36.2 Å². The molecule has 2 aromatic carbocycles. The predicted molar refractivity (Wildman–Crippen MR) is 118 cm³/mol. The summed E-state index contributed by atoms with van der Waals surface area (Å²) < 4.78 is 19.1. The second kappa shape index (κ2) is 8.94. The average molecular weight is 395 g/mol. The van der Waals surface area contributed by atoms with Gasteiger partial charge in [0.25, 0.3) is 0 Å². The van der Waals surface area contributed by atoms with Gasteiger partial charge >= 0.3 is 0 Å². The van der Waals surface area contributed by atoms with Gasteiger partial charge < -0.3 is 10.1 Å². The van der Waals surface area contributed by atoms with Crippen LogP contribution in [0.4, 0.5) is 4.39 Å². The molecule has 2 atom stereocenters. The van der Waals surface area contributed by atoms with Crippen LogP contribution in [0.1, 0.15) is 36.5 Å². The topological polar surface area (TPSA) is 21.3 Å². The van der Waals surface area contributed by atoms with E-state index in [0.29, 0.717) is 20.5 Å². The summed E-state index contributed by atoms with van der Waals surface area (Å²) in [5.74, 6) is 1.21. The van der Waals surface area contributed by atoms with Gasteiger partial charge in [-0.2, -0.15) is 0 Å². The maximum absolute atomic E-state index is 13.1. The normalized spacial score (nSPS) is 17.2. The number of rotatable bonds is 7. The van der Waals surface area contributed by atoms with Gasteiger partial charge in [0.15, 0.2) is 0 Å². The van der Waals surface area contributed by atoms with Crippen molar-refractivity contribution in [2.45, 2.75) is 32.3 Å². The van der Waals surface area contributed by atoms with Gasteiger partial charge in [-0.3, -0.25) is 0 Å². The molecule has 3 aromatic rings. The lowest BCUT2D eigenvalue weighted by Gasteiger charge is -2.23. The predicted octanol–water partition coefficient (Wildman–Crippen LogP) is 6.38. The van der Waals surface area contributed by atoms with E-state index in [1.54, 1.807) is 12.1 Å². The Kier molecular flexibility index (Phi) is 6.14. The number of nitrogens with one attached hydrogen (secondary N) is 1. The zero-order valence-corrected chi connectivity index (χ0v) is 17.1. The van der Waals surface area contributed by atoms with E-state index < -0.39 is 0 Å². The van der Waals surface area contributed by atoms with E-state index in [-0.39, 0.29) is 5.82 Å². The van der Waals surface area contributed by atoms with Crippen molar-refractivity contribution in [2.24, 2.45) is 5.92 Å². The summed E-state index contributed by atoms with van der Waals surface area (Å²) in [4.78, 5) is 0. The molecule has 2 heterocycles. The van der Waals surface area contributed by atoms with Crippen molar-refractivity contribution in [3.8, 4) is 5.75 Å². The highest BCUT2D eigenvalue weighted by Gasteiger charge is 2.17. The lowest BCUT2D eigenvalue weighted by Crippen LogP contribution is -2.29. The van der Waals surface area contributed by atoms with Crippen molar-refractivity contribution in [1.82, 2.24) is 5.32 Å². The van der Waals surface area contributed by atoms with Gasteiger partial charge in [0.2, 0.25) is 0 Å². The van der Waals surface area contributed by atoms with Crippen LogP contribution in [-0.4, -0.2) is 13.1 Å². The SMILES string of the molecule is C=C(CCC1CCCNC1)c1c(COc2ccc(F)cc2)[pH]c2ccccc12. The first kappa shape index (κ1) is 19.2. The third-order valence-electron chi connectivity index (χ3n) is 5.59. The zero-order valence-electron chi connectivity index (χ0n) is 16.1. The van der Waals surface area contributed by atoms with Gasteiger partial charge in [-0.1, -0.05) is 30.8 Å². The molecule has 1 saturated heterocycles. The fourth-order valence-electron chi connectivity index (χ4n) is 4.07. The van der Waals surface area contributed by atoms with Crippen LogP contribution in [0.15, 0.2) is 55.1 Å². The standard InChI is InChI=1S/C24H27FNOP/c1-17(8-9-18-5-4-14-26-15-18)24-21-6-2-3-7-22(21)28-23(24)16-27-20-12-10-19(25)11-13-20/h2-3,6-7,10-13,18,26,28H,1,4-5,8-9,14-16H2. The first-order valence-electron chi connectivity index (χ1n) is 10.1. The van der Waals surface area contributed by atoms with Crippen LogP contribution in [-0.2, 0) is 6.61 Å².